The molecule has 114 valence electrons. The lowest BCUT2D eigenvalue weighted by Crippen LogP contribution is -2.39. The average Bonchev–Trinajstić information content (AvgIpc) is 2.89. The van der Waals surface area contributed by atoms with Crippen molar-refractivity contribution in [3.63, 3.8) is 0 Å². The first-order chi connectivity index (χ1) is 9.91. The van der Waals surface area contributed by atoms with Gasteiger partial charge in [-0.25, -0.2) is 9.78 Å². The molecule has 2 rings (SSSR count). The lowest BCUT2D eigenvalue weighted by atomic mass is 9.89. The summed E-state index contributed by atoms with van der Waals surface area (Å²) < 4.78 is 4.67. The van der Waals surface area contributed by atoms with Crippen LogP contribution in [0.5, 0.6) is 0 Å². The van der Waals surface area contributed by atoms with Gasteiger partial charge >= 0.3 is 5.97 Å². The number of hydrogen-bond acceptors (Lipinski definition) is 6. The molecule has 1 amide bonds. The number of anilines is 2. The zero-order chi connectivity index (χ0) is 15.6. The van der Waals surface area contributed by atoms with E-state index in [9.17, 15) is 9.59 Å². The number of esters is 1. The van der Waals surface area contributed by atoms with Crippen molar-refractivity contribution in [2.24, 2.45) is 5.41 Å². The van der Waals surface area contributed by atoms with Crippen LogP contribution < -0.4 is 16.0 Å². The molecule has 1 aliphatic rings. The summed E-state index contributed by atoms with van der Waals surface area (Å²) in [7, 11) is 2.93. The van der Waals surface area contributed by atoms with Crippen molar-refractivity contribution in [2.75, 3.05) is 37.9 Å². The van der Waals surface area contributed by atoms with E-state index in [2.05, 4.69) is 15.0 Å². The van der Waals surface area contributed by atoms with Gasteiger partial charge in [0, 0.05) is 20.1 Å². The fraction of sp³-hybridized carbons (Fsp3) is 0.500. The number of amides is 1. The Morgan fingerprint density at radius 3 is 2.81 bits per heavy atom. The Morgan fingerprint density at radius 1 is 1.48 bits per heavy atom. The summed E-state index contributed by atoms with van der Waals surface area (Å²) in [6, 6.07) is 3.16. The zero-order valence-electron chi connectivity index (χ0n) is 12.5. The van der Waals surface area contributed by atoms with Crippen molar-refractivity contribution < 1.29 is 14.3 Å². The fourth-order valence-corrected chi connectivity index (χ4v) is 2.56. The minimum atomic E-state index is -0.510. The number of nitrogens with one attached hydrogen (secondary N) is 1. The second-order valence-corrected chi connectivity index (χ2v) is 5.41. The monoisotopic (exact) mass is 292 g/mol. The lowest BCUT2D eigenvalue weighted by Gasteiger charge is -2.24. The largest absolute Gasteiger partial charge is 0.464 e. The second-order valence-electron chi connectivity index (χ2n) is 5.41. The normalized spacial score (nSPS) is 21.2. The van der Waals surface area contributed by atoms with Gasteiger partial charge in [0.2, 0.25) is 5.91 Å². The molecule has 1 aromatic rings. The van der Waals surface area contributed by atoms with Gasteiger partial charge in [-0.15, -0.1) is 0 Å². The minimum Gasteiger partial charge on any atom is -0.464 e. The topological polar surface area (TPSA) is 97.5 Å². The number of nitrogens with two attached hydrogens (primary N) is 1. The van der Waals surface area contributed by atoms with Gasteiger partial charge < -0.3 is 20.7 Å². The summed E-state index contributed by atoms with van der Waals surface area (Å²) in [5.74, 6) is 0.00253. The van der Waals surface area contributed by atoms with Crippen molar-refractivity contribution in [2.45, 2.75) is 13.3 Å². The summed E-state index contributed by atoms with van der Waals surface area (Å²) in [5.41, 5.74) is 6.15. The number of methoxy groups -OCH3 is 1. The van der Waals surface area contributed by atoms with E-state index in [0.717, 1.165) is 0 Å². The van der Waals surface area contributed by atoms with Gasteiger partial charge in [0.1, 0.15) is 0 Å². The van der Waals surface area contributed by atoms with E-state index in [4.69, 9.17) is 5.73 Å². The molecule has 1 fully saturated rings. The summed E-state index contributed by atoms with van der Waals surface area (Å²) in [6.07, 6.45) is 0.705. The van der Waals surface area contributed by atoms with E-state index in [1.165, 1.54) is 13.2 Å². The molecule has 1 aromatic heterocycles. The molecule has 1 saturated heterocycles. The Kier molecular flexibility index (Phi) is 4.02. The smallest absolute Gasteiger partial charge is 0.356 e. The van der Waals surface area contributed by atoms with Crippen LogP contribution in [0.25, 0.3) is 0 Å². The van der Waals surface area contributed by atoms with E-state index in [0.29, 0.717) is 31.0 Å². The maximum atomic E-state index is 12.0. The zero-order valence-corrected chi connectivity index (χ0v) is 12.5. The molecular formula is C14H20N4O3. The van der Waals surface area contributed by atoms with Crippen molar-refractivity contribution in [1.29, 1.82) is 0 Å². The molecule has 0 aliphatic carbocycles. The number of carbonyl (C=O) groups excluding carboxylic acids is 2. The Morgan fingerprint density at radius 2 is 2.19 bits per heavy atom. The number of pyridine rings is 1. The van der Waals surface area contributed by atoms with Crippen LogP contribution in [-0.2, 0) is 9.53 Å². The van der Waals surface area contributed by atoms with Gasteiger partial charge in [-0.3, -0.25) is 4.79 Å². The molecule has 0 spiro atoms. The summed E-state index contributed by atoms with van der Waals surface area (Å²) >= 11 is 0. The predicted octanol–water partition coefficient (Wildman–Crippen LogP) is 0.413. The van der Waals surface area contributed by atoms with Gasteiger partial charge in [-0.1, -0.05) is 0 Å². The van der Waals surface area contributed by atoms with Crippen LogP contribution in [0.4, 0.5) is 11.5 Å². The Hall–Kier alpha value is -2.31. The molecule has 0 radical (unpaired) electrons. The SMILES string of the molecule is CNC(=O)C1(C)CCN(c2nc(C(=O)OC)ccc2N)C1. The van der Waals surface area contributed by atoms with Crippen molar-refractivity contribution in [3.05, 3.63) is 17.8 Å². The molecule has 0 bridgehead atoms. The first-order valence-corrected chi connectivity index (χ1v) is 6.73. The van der Waals surface area contributed by atoms with Gasteiger partial charge in [-0.05, 0) is 25.5 Å². The van der Waals surface area contributed by atoms with Crippen molar-refractivity contribution >= 4 is 23.4 Å². The Balaban J connectivity index is 2.27. The van der Waals surface area contributed by atoms with Crippen LogP contribution in [0.15, 0.2) is 12.1 Å². The molecule has 0 saturated carbocycles. The Labute approximate surface area is 123 Å². The van der Waals surface area contributed by atoms with E-state index in [-0.39, 0.29) is 11.6 Å². The highest BCUT2D eigenvalue weighted by Gasteiger charge is 2.40. The molecule has 7 heteroatoms. The van der Waals surface area contributed by atoms with Gasteiger partial charge in [0.15, 0.2) is 11.5 Å². The maximum Gasteiger partial charge on any atom is 0.356 e. The van der Waals surface area contributed by atoms with Crippen LogP contribution >= 0.6 is 0 Å². The van der Waals surface area contributed by atoms with E-state index in [1.54, 1.807) is 13.1 Å². The highest BCUT2D eigenvalue weighted by Crippen LogP contribution is 2.34. The number of nitrogen functional groups attached to an aromatic ring is 1. The second kappa shape index (κ2) is 5.59. The van der Waals surface area contributed by atoms with Gasteiger partial charge in [-0.2, -0.15) is 0 Å². The predicted molar refractivity (Wildman–Crippen MR) is 79.0 cm³/mol. The molecule has 21 heavy (non-hydrogen) atoms. The molecule has 0 aromatic carbocycles. The van der Waals surface area contributed by atoms with E-state index in [1.807, 2.05) is 11.8 Å². The molecule has 1 atom stereocenters. The molecule has 3 N–H and O–H groups in total. The highest BCUT2D eigenvalue weighted by molar-refractivity contribution is 5.89. The molecule has 1 aliphatic heterocycles. The minimum absolute atomic E-state index is 0.00676. The standard InChI is InChI=1S/C14H20N4O3/c1-14(13(20)16-2)6-7-18(8-14)11-9(15)4-5-10(17-11)12(19)21-3/h4-5H,6-8,15H2,1-3H3,(H,16,20). The summed E-state index contributed by atoms with van der Waals surface area (Å²) in [4.78, 5) is 29.7. The van der Waals surface area contributed by atoms with Crippen molar-refractivity contribution in [1.82, 2.24) is 10.3 Å². The van der Waals surface area contributed by atoms with Crippen LogP contribution in [-0.4, -0.2) is 44.1 Å². The quantitative estimate of drug-likeness (QED) is 0.783. The average molecular weight is 292 g/mol. The summed E-state index contributed by atoms with van der Waals surface area (Å²) in [6.45, 7) is 3.08. The number of carbonyl (C=O) groups is 2. The third kappa shape index (κ3) is 2.76. The first kappa shape index (κ1) is 15.1. The maximum absolute atomic E-state index is 12.0. The fourth-order valence-electron chi connectivity index (χ4n) is 2.56. The van der Waals surface area contributed by atoms with E-state index >= 15 is 0 Å². The van der Waals surface area contributed by atoms with Gasteiger partial charge in [0.25, 0.3) is 0 Å². The molecule has 1 unspecified atom stereocenters. The van der Waals surface area contributed by atoms with Crippen LogP contribution in [0, 0.1) is 5.41 Å². The third-order valence-corrected chi connectivity index (χ3v) is 3.85. The molecule has 7 nitrogen and oxygen atoms in total. The van der Waals surface area contributed by atoms with E-state index < -0.39 is 11.4 Å². The molecular weight excluding hydrogens is 272 g/mol. The van der Waals surface area contributed by atoms with Crippen LogP contribution in [0.1, 0.15) is 23.8 Å². The van der Waals surface area contributed by atoms with Crippen LogP contribution in [0.2, 0.25) is 0 Å². The van der Waals surface area contributed by atoms with Crippen LogP contribution in [0.3, 0.4) is 0 Å². The van der Waals surface area contributed by atoms with Gasteiger partial charge in [0.05, 0.1) is 18.2 Å². The number of rotatable bonds is 3. The first-order valence-electron chi connectivity index (χ1n) is 6.73. The third-order valence-electron chi connectivity index (χ3n) is 3.85. The number of aromatic nitrogens is 1. The molecule has 2 heterocycles. The number of nitrogens with zero attached hydrogens (tertiary/aromatic N) is 2. The van der Waals surface area contributed by atoms with Crippen molar-refractivity contribution in [3.8, 4) is 0 Å². The Bertz CT molecular complexity index is 575. The number of hydrogen-bond donors (Lipinski definition) is 2. The highest BCUT2D eigenvalue weighted by atomic mass is 16.5. The summed E-state index contributed by atoms with van der Waals surface area (Å²) in [5, 5.41) is 2.68. The lowest BCUT2D eigenvalue weighted by molar-refractivity contribution is -0.128. The number of ether oxygens (including phenoxy) is 1.